The summed E-state index contributed by atoms with van der Waals surface area (Å²) in [5.41, 5.74) is 9.47. The first kappa shape index (κ1) is 14.7. The molecule has 1 aliphatic rings. The highest BCUT2D eigenvalue weighted by molar-refractivity contribution is 8.00. The minimum Gasteiger partial charge on any atom is -0.370 e. The number of hydrogen-bond acceptors (Lipinski definition) is 4. The minimum atomic E-state index is 0.362. The Balaban J connectivity index is 2.06. The van der Waals surface area contributed by atoms with Crippen molar-refractivity contribution in [3.05, 3.63) is 36.0 Å². The molecular weight excluding hydrogens is 278 g/mol. The van der Waals surface area contributed by atoms with Gasteiger partial charge < -0.3 is 10.6 Å². The monoisotopic (exact) mass is 301 g/mol. The van der Waals surface area contributed by atoms with Crippen LogP contribution in [0, 0.1) is 0 Å². The van der Waals surface area contributed by atoms with Gasteiger partial charge in [0.05, 0.1) is 11.2 Å². The van der Waals surface area contributed by atoms with Gasteiger partial charge >= 0.3 is 0 Å². The molecule has 3 nitrogen and oxygen atoms in total. The Morgan fingerprint density at radius 2 is 2.10 bits per heavy atom. The van der Waals surface area contributed by atoms with Gasteiger partial charge in [-0.15, -0.1) is 0 Å². The number of hydrogen-bond donors (Lipinski definition) is 1. The maximum Gasteiger partial charge on any atom is 0.0723 e. The van der Waals surface area contributed by atoms with Gasteiger partial charge in [0.25, 0.3) is 0 Å². The van der Waals surface area contributed by atoms with E-state index >= 15 is 0 Å². The quantitative estimate of drug-likeness (QED) is 0.923. The van der Waals surface area contributed by atoms with Crippen molar-refractivity contribution < 1.29 is 0 Å². The molecule has 1 aromatic carbocycles. The van der Waals surface area contributed by atoms with Gasteiger partial charge in [-0.3, -0.25) is 4.98 Å². The molecule has 112 valence electrons. The van der Waals surface area contributed by atoms with Crippen LogP contribution < -0.4 is 10.6 Å². The predicted octanol–water partition coefficient (Wildman–Crippen LogP) is 3.42. The summed E-state index contributed by atoms with van der Waals surface area (Å²) in [6, 6.07) is 8.38. The fourth-order valence-corrected chi connectivity index (χ4v) is 4.03. The zero-order valence-corrected chi connectivity index (χ0v) is 13.6. The molecule has 0 spiro atoms. The predicted molar refractivity (Wildman–Crippen MR) is 93.0 cm³/mol. The highest BCUT2D eigenvalue weighted by Crippen LogP contribution is 2.35. The summed E-state index contributed by atoms with van der Waals surface area (Å²) in [6.07, 6.45) is 3.14. The molecule has 0 amide bonds. The van der Waals surface area contributed by atoms with Gasteiger partial charge in [-0.2, -0.15) is 11.8 Å². The molecule has 0 bridgehead atoms. The Bertz CT molecular complexity index is 639. The summed E-state index contributed by atoms with van der Waals surface area (Å²) in [7, 11) is 0. The number of pyridine rings is 1. The van der Waals surface area contributed by atoms with Crippen LogP contribution in [0.4, 0.5) is 5.69 Å². The largest absolute Gasteiger partial charge is 0.370 e. The third-order valence-electron chi connectivity index (χ3n) is 4.20. The number of nitrogens with two attached hydrogens (primary N) is 1. The van der Waals surface area contributed by atoms with Crippen molar-refractivity contribution >= 4 is 28.4 Å². The van der Waals surface area contributed by atoms with Crippen molar-refractivity contribution in [1.29, 1.82) is 0 Å². The van der Waals surface area contributed by atoms with E-state index in [9.17, 15) is 0 Å². The molecule has 1 aliphatic heterocycles. The highest BCUT2D eigenvalue weighted by atomic mass is 32.2. The molecule has 0 saturated carbocycles. The lowest BCUT2D eigenvalue weighted by atomic mass is 10.1. The molecule has 0 radical (unpaired) electrons. The standard InChI is InChI=1S/C17H23N3S/c1-17(2)7-8-20(9-10-21-17)16-13(11-18)12-19-15-6-4-3-5-14(15)16/h3-6,12H,7-11,18H2,1-2H3. The topological polar surface area (TPSA) is 42.1 Å². The van der Waals surface area contributed by atoms with E-state index in [4.69, 9.17) is 5.73 Å². The maximum absolute atomic E-state index is 5.97. The fourth-order valence-electron chi connectivity index (χ4n) is 2.93. The molecule has 21 heavy (non-hydrogen) atoms. The molecule has 1 saturated heterocycles. The van der Waals surface area contributed by atoms with Crippen LogP contribution in [0.3, 0.4) is 0 Å². The summed E-state index contributed by atoms with van der Waals surface area (Å²) >= 11 is 2.07. The Morgan fingerprint density at radius 1 is 1.29 bits per heavy atom. The Kier molecular flexibility index (Phi) is 4.09. The van der Waals surface area contributed by atoms with E-state index < -0.39 is 0 Å². The van der Waals surface area contributed by atoms with Crippen molar-refractivity contribution in [1.82, 2.24) is 4.98 Å². The number of aromatic nitrogens is 1. The molecule has 0 unspecified atom stereocenters. The summed E-state index contributed by atoms with van der Waals surface area (Å²) in [4.78, 5) is 7.06. The molecule has 2 N–H and O–H groups in total. The number of anilines is 1. The molecule has 0 aliphatic carbocycles. The second kappa shape index (κ2) is 5.85. The fraction of sp³-hybridized carbons (Fsp3) is 0.471. The first-order chi connectivity index (χ1) is 10.1. The van der Waals surface area contributed by atoms with E-state index in [1.807, 2.05) is 12.3 Å². The van der Waals surface area contributed by atoms with Gasteiger partial charge in [0.2, 0.25) is 0 Å². The second-order valence-corrected chi connectivity index (χ2v) is 8.00. The average Bonchev–Trinajstić information content (AvgIpc) is 2.67. The normalized spacial score (nSPS) is 18.7. The third kappa shape index (κ3) is 3.01. The lowest BCUT2D eigenvalue weighted by Gasteiger charge is -2.27. The number of nitrogens with zero attached hydrogens (tertiary/aromatic N) is 2. The molecule has 1 fully saturated rings. The lowest BCUT2D eigenvalue weighted by molar-refractivity contribution is 0.637. The van der Waals surface area contributed by atoms with Crippen LogP contribution in [0.25, 0.3) is 10.9 Å². The van der Waals surface area contributed by atoms with E-state index in [-0.39, 0.29) is 0 Å². The summed E-state index contributed by atoms with van der Waals surface area (Å²) in [5, 5.41) is 1.23. The van der Waals surface area contributed by atoms with Crippen LogP contribution in [0.2, 0.25) is 0 Å². The van der Waals surface area contributed by atoms with Gasteiger partial charge in [0, 0.05) is 47.3 Å². The summed E-state index contributed by atoms with van der Waals surface area (Å²) < 4.78 is 0.362. The first-order valence-electron chi connectivity index (χ1n) is 7.56. The summed E-state index contributed by atoms with van der Waals surface area (Å²) in [5.74, 6) is 1.16. The molecule has 4 heteroatoms. The number of fused-ring (bicyclic) bond motifs is 1. The van der Waals surface area contributed by atoms with Crippen molar-refractivity contribution in [3.8, 4) is 0 Å². The number of thioether (sulfide) groups is 1. The molecule has 0 atom stereocenters. The third-order valence-corrected chi connectivity index (χ3v) is 5.57. The van der Waals surface area contributed by atoms with Crippen molar-refractivity contribution in [3.63, 3.8) is 0 Å². The van der Waals surface area contributed by atoms with Gasteiger partial charge in [-0.05, 0) is 12.5 Å². The Hall–Kier alpha value is -1.26. The van der Waals surface area contributed by atoms with E-state index in [2.05, 4.69) is 53.7 Å². The minimum absolute atomic E-state index is 0.362. The maximum atomic E-state index is 5.97. The Morgan fingerprint density at radius 3 is 2.90 bits per heavy atom. The van der Waals surface area contributed by atoms with Crippen LogP contribution in [0.5, 0.6) is 0 Å². The number of para-hydroxylation sites is 1. The first-order valence-corrected chi connectivity index (χ1v) is 8.55. The molecule has 3 rings (SSSR count). The number of benzene rings is 1. The van der Waals surface area contributed by atoms with Crippen LogP contribution >= 0.6 is 11.8 Å². The van der Waals surface area contributed by atoms with E-state index in [0.29, 0.717) is 11.3 Å². The van der Waals surface area contributed by atoms with Gasteiger partial charge in [-0.25, -0.2) is 0 Å². The number of rotatable bonds is 2. The van der Waals surface area contributed by atoms with Crippen molar-refractivity contribution in [2.45, 2.75) is 31.6 Å². The van der Waals surface area contributed by atoms with Crippen LogP contribution in [0.1, 0.15) is 25.8 Å². The second-order valence-electron chi connectivity index (χ2n) is 6.20. The van der Waals surface area contributed by atoms with E-state index in [1.165, 1.54) is 17.5 Å². The molecule has 1 aromatic heterocycles. The zero-order valence-electron chi connectivity index (χ0n) is 12.8. The van der Waals surface area contributed by atoms with Gasteiger partial charge in [0.1, 0.15) is 0 Å². The van der Waals surface area contributed by atoms with Crippen molar-refractivity contribution in [2.75, 3.05) is 23.7 Å². The molecule has 2 aromatic rings. The zero-order chi connectivity index (χ0) is 14.9. The van der Waals surface area contributed by atoms with Gasteiger partial charge in [0.15, 0.2) is 0 Å². The van der Waals surface area contributed by atoms with E-state index in [0.717, 1.165) is 29.9 Å². The van der Waals surface area contributed by atoms with Crippen molar-refractivity contribution in [2.24, 2.45) is 5.73 Å². The van der Waals surface area contributed by atoms with E-state index in [1.54, 1.807) is 0 Å². The summed E-state index contributed by atoms with van der Waals surface area (Å²) in [6.45, 7) is 7.39. The van der Waals surface area contributed by atoms with Crippen LogP contribution in [-0.4, -0.2) is 28.6 Å². The molecular formula is C17H23N3S. The highest BCUT2D eigenvalue weighted by Gasteiger charge is 2.25. The lowest BCUT2D eigenvalue weighted by Crippen LogP contribution is -2.28. The van der Waals surface area contributed by atoms with Crippen LogP contribution in [0.15, 0.2) is 30.5 Å². The smallest absolute Gasteiger partial charge is 0.0723 e. The molecule has 2 heterocycles. The SMILES string of the molecule is CC1(C)CCN(c2c(CN)cnc3ccccc23)CCS1. The average molecular weight is 301 g/mol. The van der Waals surface area contributed by atoms with Crippen LogP contribution in [-0.2, 0) is 6.54 Å². The van der Waals surface area contributed by atoms with Gasteiger partial charge in [-0.1, -0.05) is 32.0 Å². The Labute approximate surface area is 130 Å².